The van der Waals surface area contributed by atoms with E-state index in [4.69, 9.17) is 11.6 Å². The molecule has 0 fully saturated rings. The molecular formula is C22H21ClF4N2O4S. The summed E-state index contributed by atoms with van der Waals surface area (Å²) in [6, 6.07) is 4.50. The maximum Gasteiger partial charge on any atom is 0.405 e. The molecule has 0 saturated carbocycles. The number of carbonyl (C=O) groups excluding carboxylic acids is 2. The molecule has 1 amide bonds. The average Bonchev–Trinajstić information content (AvgIpc) is 2.78. The van der Waals surface area contributed by atoms with Crippen LogP contribution in [-0.2, 0) is 21.2 Å². The van der Waals surface area contributed by atoms with E-state index >= 15 is 0 Å². The third kappa shape index (κ3) is 5.59. The third-order valence-corrected chi connectivity index (χ3v) is 7.50. The first-order valence-electron chi connectivity index (χ1n) is 10.2. The van der Waals surface area contributed by atoms with Gasteiger partial charge in [-0.1, -0.05) is 29.8 Å². The maximum atomic E-state index is 14.1. The highest BCUT2D eigenvalue weighted by Gasteiger charge is 2.45. The van der Waals surface area contributed by atoms with Gasteiger partial charge in [0.1, 0.15) is 17.2 Å². The van der Waals surface area contributed by atoms with Crippen molar-refractivity contribution in [1.29, 1.82) is 0 Å². The Morgan fingerprint density at radius 1 is 1.29 bits per heavy atom. The Labute approximate surface area is 198 Å². The van der Waals surface area contributed by atoms with E-state index in [0.29, 0.717) is 31.1 Å². The first-order valence-corrected chi connectivity index (χ1v) is 12.1. The van der Waals surface area contributed by atoms with Crippen LogP contribution in [0.25, 0.3) is 0 Å². The highest BCUT2D eigenvalue weighted by molar-refractivity contribution is 7.89. The van der Waals surface area contributed by atoms with Crippen molar-refractivity contribution in [2.45, 2.75) is 48.8 Å². The van der Waals surface area contributed by atoms with Gasteiger partial charge in [0.25, 0.3) is 0 Å². The number of halogens is 5. The number of rotatable bonds is 7. The Kier molecular flexibility index (Phi) is 7.69. The molecule has 0 aromatic heterocycles. The van der Waals surface area contributed by atoms with Crippen LogP contribution in [0.2, 0.25) is 5.02 Å². The normalized spacial score (nSPS) is 17.1. The molecule has 12 heteroatoms. The smallest absolute Gasteiger partial charge is 0.339 e. The topological polar surface area (TPSA) is 83.6 Å². The van der Waals surface area contributed by atoms with Crippen LogP contribution in [0.5, 0.6) is 0 Å². The lowest BCUT2D eigenvalue weighted by Crippen LogP contribution is -2.48. The fourth-order valence-corrected chi connectivity index (χ4v) is 5.50. The summed E-state index contributed by atoms with van der Waals surface area (Å²) in [6.07, 6.45) is -3.86. The number of hydrogen-bond acceptors (Lipinski definition) is 4. The number of aryl methyl sites for hydroxylation is 1. The molecule has 2 aromatic carbocycles. The van der Waals surface area contributed by atoms with Gasteiger partial charge >= 0.3 is 6.18 Å². The Morgan fingerprint density at radius 2 is 2.00 bits per heavy atom. The number of hydrogen-bond donors (Lipinski definition) is 1. The predicted octanol–water partition coefficient (Wildman–Crippen LogP) is 4.43. The number of amides is 1. The largest absolute Gasteiger partial charge is 0.405 e. The summed E-state index contributed by atoms with van der Waals surface area (Å²) in [6.45, 7) is 0. The van der Waals surface area contributed by atoms with Gasteiger partial charge in [0.05, 0.1) is 17.5 Å². The number of benzene rings is 2. The molecule has 184 valence electrons. The van der Waals surface area contributed by atoms with Crippen molar-refractivity contribution in [1.82, 2.24) is 9.62 Å². The Morgan fingerprint density at radius 3 is 2.65 bits per heavy atom. The van der Waals surface area contributed by atoms with Crippen molar-refractivity contribution in [3.63, 3.8) is 0 Å². The van der Waals surface area contributed by atoms with Gasteiger partial charge in [0.2, 0.25) is 15.9 Å². The third-order valence-electron chi connectivity index (χ3n) is 5.72. The summed E-state index contributed by atoms with van der Waals surface area (Å²) in [5.41, 5.74) is 2.00. The van der Waals surface area contributed by atoms with E-state index in [2.05, 4.69) is 0 Å². The molecule has 0 saturated heterocycles. The lowest BCUT2D eigenvalue weighted by atomic mass is 9.86. The van der Waals surface area contributed by atoms with E-state index in [0.717, 1.165) is 34.2 Å². The summed E-state index contributed by atoms with van der Waals surface area (Å²) in [7, 11) is -3.64. The van der Waals surface area contributed by atoms with Gasteiger partial charge in [0.15, 0.2) is 5.82 Å². The first kappa shape index (κ1) is 26.1. The summed E-state index contributed by atoms with van der Waals surface area (Å²) in [4.78, 5) is 23.9. The number of carbonyl (C=O) groups is 2. The summed E-state index contributed by atoms with van der Waals surface area (Å²) < 4.78 is 81.5. The van der Waals surface area contributed by atoms with Gasteiger partial charge in [-0.25, -0.2) is 12.8 Å². The molecule has 1 aliphatic carbocycles. The van der Waals surface area contributed by atoms with E-state index < -0.39 is 56.3 Å². The molecule has 0 spiro atoms. The monoisotopic (exact) mass is 520 g/mol. The van der Waals surface area contributed by atoms with Crippen LogP contribution < -0.4 is 4.72 Å². The standard InChI is InChI=1S/C22H21ClF4N2O4S/c1-29(17-6-2-4-14-10-13(12-30)8-9-15(14)17)20(31)11-19(22(25,26)27)28-34(32,33)18-7-3-5-16(23)21(18)24/h3,5,7-10,12,17,19,28H,2,4,6,11H2,1H3/t17-,19?/m1/s1. The molecule has 34 heavy (non-hydrogen) atoms. The SMILES string of the molecule is CN(C(=O)CC(NS(=O)(=O)c1cccc(Cl)c1F)C(F)(F)F)[C@@H]1CCCc2cc(C=O)ccc21. The lowest BCUT2D eigenvalue weighted by Gasteiger charge is -2.34. The summed E-state index contributed by atoms with van der Waals surface area (Å²) in [5.74, 6) is -2.34. The number of fused-ring (bicyclic) bond motifs is 1. The van der Waals surface area contributed by atoms with Gasteiger partial charge in [-0.2, -0.15) is 17.9 Å². The predicted molar refractivity (Wildman–Crippen MR) is 116 cm³/mol. The van der Waals surface area contributed by atoms with Crippen LogP contribution in [0.4, 0.5) is 17.6 Å². The van der Waals surface area contributed by atoms with E-state index in [9.17, 15) is 35.6 Å². The number of nitrogens with zero attached hydrogens (tertiary/aromatic N) is 1. The Balaban J connectivity index is 1.83. The molecule has 2 aromatic rings. The van der Waals surface area contributed by atoms with Crippen molar-refractivity contribution in [3.8, 4) is 0 Å². The summed E-state index contributed by atoms with van der Waals surface area (Å²) in [5, 5.41) is -0.573. The highest BCUT2D eigenvalue weighted by Crippen LogP contribution is 2.35. The van der Waals surface area contributed by atoms with Gasteiger partial charge in [-0.3, -0.25) is 9.59 Å². The van der Waals surface area contributed by atoms with Crippen LogP contribution in [0, 0.1) is 5.82 Å². The molecular weight excluding hydrogens is 500 g/mol. The zero-order chi connectivity index (χ0) is 25.3. The molecule has 0 heterocycles. The van der Waals surface area contributed by atoms with Crippen molar-refractivity contribution in [2.24, 2.45) is 0 Å². The quantitative estimate of drug-likeness (QED) is 0.432. The van der Waals surface area contributed by atoms with E-state index in [-0.39, 0.29) is 0 Å². The first-order chi connectivity index (χ1) is 15.8. The maximum absolute atomic E-state index is 14.1. The molecule has 2 atom stereocenters. The van der Waals surface area contributed by atoms with Crippen LogP contribution >= 0.6 is 11.6 Å². The van der Waals surface area contributed by atoms with Crippen molar-refractivity contribution >= 4 is 33.8 Å². The second kappa shape index (κ2) is 10.0. The summed E-state index contributed by atoms with van der Waals surface area (Å²) >= 11 is 5.55. The van der Waals surface area contributed by atoms with E-state index in [1.807, 2.05) is 0 Å². The molecule has 1 aliphatic rings. The number of sulfonamides is 1. The second-order valence-corrected chi connectivity index (χ2v) is 10.0. The van der Waals surface area contributed by atoms with E-state index in [1.165, 1.54) is 11.8 Å². The molecule has 0 bridgehead atoms. The minimum atomic E-state index is -5.12. The molecule has 0 aliphatic heterocycles. The van der Waals surface area contributed by atoms with Crippen LogP contribution in [0.3, 0.4) is 0 Å². The van der Waals surface area contributed by atoms with Gasteiger partial charge in [0, 0.05) is 12.6 Å². The number of nitrogens with one attached hydrogen (secondary N) is 1. The minimum absolute atomic E-state index is 0.452. The number of aldehydes is 1. The van der Waals surface area contributed by atoms with Crippen LogP contribution in [-0.4, -0.2) is 44.8 Å². The zero-order valence-electron chi connectivity index (χ0n) is 17.9. The van der Waals surface area contributed by atoms with Gasteiger partial charge in [-0.05, 0) is 48.6 Å². The minimum Gasteiger partial charge on any atom is -0.339 e. The fourth-order valence-electron chi connectivity index (χ4n) is 3.94. The van der Waals surface area contributed by atoms with Crippen molar-refractivity contribution in [3.05, 3.63) is 63.9 Å². The van der Waals surface area contributed by atoms with Gasteiger partial charge < -0.3 is 4.90 Å². The van der Waals surface area contributed by atoms with Crippen molar-refractivity contribution in [2.75, 3.05) is 7.05 Å². The highest BCUT2D eigenvalue weighted by atomic mass is 35.5. The lowest BCUT2D eigenvalue weighted by molar-refractivity contribution is -0.161. The fraction of sp³-hybridized carbons (Fsp3) is 0.364. The van der Waals surface area contributed by atoms with Crippen molar-refractivity contribution < 1.29 is 35.6 Å². The second-order valence-electron chi connectivity index (χ2n) is 7.96. The molecule has 6 nitrogen and oxygen atoms in total. The molecule has 0 radical (unpaired) electrons. The van der Waals surface area contributed by atoms with E-state index in [1.54, 1.807) is 18.2 Å². The van der Waals surface area contributed by atoms with Crippen LogP contribution in [0.1, 0.15) is 46.8 Å². The Hall–Kier alpha value is -2.50. The average molecular weight is 521 g/mol. The molecule has 1 N–H and O–H groups in total. The molecule has 1 unspecified atom stereocenters. The zero-order valence-corrected chi connectivity index (χ0v) is 19.5. The molecule has 3 rings (SSSR count). The number of alkyl halides is 3. The van der Waals surface area contributed by atoms with Crippen LogP contribution in [0.15, 0.2) is 41.3 Å². The van der Waals surface area contributed by atoms with Gasteiger partial charge in [-0.15, -0.1) is 0 Å². The Bertz CT molecular complexity index is 1200.